The molecule has 0 unspecified atom stereocenters. The molecular formula is C19H25N5O8. The summed E-state index contributed by atoms with van der Waals surface area (Å²) in [6.07, 6.45) is -1.38. The van der Waals surface area contributed by atoms with Crippen LogP contribution in [0.2, 0.25) is 0 Å². The van der Waals surface area contributed by atoms with Crippen LogP contribution >= 0.6 is 0 Å². The van der Waals surface area contributed by atoms with Crippen molar-refractivity contribution in [1.29, 1.82) is 0 Å². The van der Waals surface area contributed by atoms with E-state index in [1.54, 1.807) is 30.3 Å². The van der Waals surface area contributed by atoms with Gasteiger partial charge in [-0.25, -0.2) is 4.79 Å². The van der Waals surface area contributed by atoms with Gasteiger partial charge >= 0.3 is 11.9 Å². The molecule has 174 valence electrons. The van der Waals surface area contributed by atoms with Crippen LogP contribution in [-0.2, 0) is 35.2 Å². The molecule has 0 aliphatic rings. The molecule has 0 saturated carbocycles. The van der Waals surface area contributed by atoms with E-state index in [9.17, 15) is 28.8 Å². The number of hydrogen-bond donors (Lipinski definition) is 7. The highest BCUT2D eigenvalue weighted by atomic mass is 16.4. The molecule has 0 heterocycles. The quantitative estimate of drug-likeness (QED) is 0.162. The average molecular weight is 451 g/mol. The Balaban J connectivity index is 2.65. The normalized spacial score (nSPS) is 13.2. The van der Waals surface area contributed by atoms with Crippen molar-refractivity contribution in [3.63, 3.8) is 0 Å². The fourth-order valence-electron chi connectivity index (χ4n) is 2.56. The Hall–Kier alpha value is -4.00. The van der Waals surface area contributed by atoms with E-state index in [0.29, 0.717) is 0 Å². The largest absolute Gasteiger partial charge is 0.481 e. The van der Waals surface area contributed by atoms with Crippen LogP contribution in [0.4, 0.5) is 0 Å². The molecule has 32 heavy (non-hydrogen) atoms. The summed E-state index contributed by atoms with van der Waals surface area (Å²) in [5.74, 6) is -6.72. The molecule has 0 radical (unpaired) electrons. The van der Waals surface area contributed by atoms with E-state index >= 15 is 0 Å². The molecule has 1 aromatic rings. The molecule has 13 nitrogen and oxygen atoms in total. The summed E-state index contributed by atoms with van der Waals surface area (Å²) in [5.41, 5.74) is 11.7. The maximum atomic E-state index is 12.3. The Morgan fingerprint density at radius 1 is 0.875 bits per heavy atom. The van der Waals surface area contributed by atoms with Gasteiger partial charge in [-0.1, -0.05) is 30.3 Å². The zero-order valence-electron chi connectivity index (χ0n) is 16.9. The number of amides is 4. The number of carbonyl (C=O) groups excluding carboxylic acids is 4. The van der Waals surface area contributed by atoms with Gasteiger partial charge in [0.2, 0.25) is 23.6 Å². The Bertz CT molecular complexity index is 861. The van der Waals surface area contributed by atoms with E-state index < -0.39 is 73.1 Å². The first-order chi connectivity index (χ1) is 15.0. The molecule has 0 spiro atoms. The molecule has 9 N–H and O–H groups in total. The lowest BCUT2D eigenvalue weighted by Crippen LogP contribution is -2.55. The van der Waals surface area contributed by atoms with Gasteiger partial charge in [-0.3, -0.25) is 24.0 Å². The van der Waals surface area contributed by atoms with Crippen LogP contribution in [0.25, 0.3) is 0 Å². The number of rotatable bonds is 13. The standard InChI is InChI=1S/C19H25N5O8/c20-11(6-10-4-2-1-3-5-10)17(29)22-9-15(26)23-12(7-14(21)25)18(30)24-13(19(31)32)8-16(27)28/h1-5,11-13H,6-9,20H2,(H2,21,25)(H,22,29)(H,23,26)(H,24,30)(H,27,28)(H,31,32)/t11-,12-,13-/m0/s1. The van der Waals surface area contributed by atoms with Crippen molar-refractivity contribution >= 4 is 35.6 Å². The summed E-state index contributed by atoms with van der Waals surface area (Å²) in [7, 11) is 0. The van der Waals surface area contributed by atoms with E-state index in [1.807, 2.05) is 5.32 Å². The lowest BCUT2D eigenvalue weighted by molar-refractivity contribution is -0.147. The topological polar surface area (TPSA) is 231 Å². The smallest absolute Gasteiger partial charge is 0.326 e. The lowest BCUT2D eigenvalue weighted by atomic mass is 10.1. The predicted octanol–water partition coefficient (Wildman–Crippen LogP) is -2.92. The van der Waals surface area contributed by atoms with Crippen molar-refractivity contribution in [2.45, 2.75) is 37.4 Å². The first-order valence-corrected chi connectivity index (χ1v) is 9.39. The number of benzene rings is 1. The van der Waals surface area contributed by atoms with Gasteiger partial charge in [-0.15, -0.1) is 0 Å². The summed E-state index contributed by atoms with van der Waals surface area (Å²) in [6, 6.07) is 4.61. The van der Waals surface area contributed by atoms with Crippen molar-refractivity contribution in [3.05, 3.63) is 35.9 Å². The van der Waals surface area contributed by atoms with E-state index in [1.165, 1.54) is 0 Å². The molecule has 0 aromatic heterocycles. The maximum Gasteiger partial charge on any atom is 0.326 e. The fourth-order valence-corrected chi connectivity index (χ4v) is 2.56. The second-order valence-corrected chi connectivity index (χ2v) is 6.80. The molecule has 4 amide bonds. The van der Waals surface area contributed by atoms with Crippen molar-refractivity contribution in [1.82, 2.24) is 16.0 Å². The van der Waals surface area contributed by atoms with Crippen LogP contribution in [0, 0.1) is 0 Å². The lowest BCUT2D eigenvalue weighted by Gasteiger charge is -2.20. The molecule has 1 rings (SSSR count). The van der Waals surface area contributed by atoms with Crippen molar-refractivity contribution in [3.8, 4) is 0 Å². The molecule has 0 aliphatic heterocycles. The van der Waals surface area contributed by atoms with Crippen molar-refractivity contribution in [2.24, 2.45) is 11.5 Å². The molecule has 0 fully saturated rings. The molecular weight excluding hydrogens is 426 g/mol. The van der Waals surface area contributed by atoms with E-state index in [-0.39, 0.29) is 6.42 Å². The van der Waals surface area contributed by atoms with E-state index in [0.717, 1.165) is 5.56 Å². The summed E-state index contributed by atoms with van der Waals surface area (Å²) in [4.78, 5) is 69.5. The average Bonchev–Trinajstić information content (AvgIpc) is 2.70. The monoisotopic (exact) mass is 451 g/mol. The van der Waals surface area contributed by atoms with Gasteiger partial charge in [0.25, 0.3) is 0 Å². The number of hydrogen-bond acceptors (Lipinski definition) is 7. The second kappa shape index (κ2) is 12.6. The molecule has 3 atom stereocenters. The summed E-state index contributed by atoms with van der Waals surface area (Å²) >= 11 is 0. The third kappa shape index (κ3) is 9.67. The van der Waals surface area contributed by atoms with Gasteiger partial charge in [0.1, 0.15) is 12.1 Å². The summed E-state index contributed by atoms with van der Waals surface area (Å²) in [5, 5.41) is 24.1. The fraction of sp³-hybridized carbons (Fsp3) is 0.368. The van der Waals surface area contributed by atoms with E-state index in [2.05, 4.69) is 10.6 Å². The van der Waals surface area contributed by atoms with Crippen LogP contribution in [0.5, 0.6) is 0 Å². The zero-order chi connectivity index (χ0) is 24.3. The van der Waals surface area contributed by atoms with Crippen LogP contribution in [0.3, 0.4) is 0 Å². The van der Waals surface area contributed by atoms with Gasteiger partial charge < -0.3 is 37.6 Å². The number of primary amides is 1. The zero-order valence-corrected chi connectivity index (χ0v) is 16.9. The molecule has 13 heteroatoms. The highest BCUT2D eigenvalue weighted by Gasteiger charge is 2.29. The van der Waals surface area contributed by atoms with Gasteiger partial charge in [0.15, 0.2) is 0 Å². The molecule has 0 bridgehead atoms. The SMILES string of the molecule is NC(=O)C[C@H](NC(=O)CNC(=O)[C@@H](N)Cc1ccccc1)C(=O)N[C@@H](CC(=O)O)C(=O)O. The van der Waals surface area contributed by atoms with Crippen LogP contribution in [-0.4, -0.2) is 70.5 Å². The minimum atomic E-state index is -1.79. The summed E-state index contributed by atoms with van der Waals surface area (Å²) in [6.45, 7) is -0.582. The highest BCUT2D eigenvalue weighted by Crippen LogP contribution is 2.02. The highest BCUT2D eigenvalue weighted by molar-refractivity contribution is 5.95. The van der Waals surface area contributed by atoms with Gasteiger partial charge in [0, 0.05) is 0 Å². The second-order valence-electron chi connectivity index (χ2n) is 6.80. The minimum absolute atomic E-state index is 0.223. The van der Waals surface area contributed by atoms with Crippen LogP contribution < -0.4 is 27.4 Å². The summed E-state index contributed by atoms with van der Waals surface area (Å²) < 4.78 is 0. The molecule has 1 aromatic carbocycles. The number of carboxylic acid groups (broad SMARTS) is 2. The molecule has 0 saturated heterocycles. The number of nitrogens with two attached hydrogens (primary N) is 2. The van der Waals surface area contributed by atoms with Crippen molar-refractivity contribution in [2.75, 3.05) is 6.54 Å². The first kappa shape index (κ1) is 26.0. The van der Waals surface area contributed by atoms with Crippen LogP contribution in [0.15, 0.2) is 30.3 Å². The number of aliphatic carboxylic acids is 2. The minimum Gasteiger partial charge on any atom is -0.481 e. The van der Waals surface area contributed by atoms with Gasteiger partial charge in [-0.2, -0.15) is 0 Å². The van der Waals surface area contributed by atoms with Gasteiger partial charge in [0.05, 0.1) is 25.4 Å². The third-order valence-electron chi connectivity index (χ3n) is 4.11. The Morgan fingerprint density at radius 2 is 1.50 bits per heavy atom. The number of carboxylic acids is 2. The van der Waals surface area contributed by atoms with Crippen LogP contribution in [0.1, 0.15) is 18.4 Å². The first-order valence-electron chi connectivity index (χ1n) is 9.39. The van der Waals surface area contributed by atoms with Crippen molar-refractivity contribution < 1.29 is 39.0 Å². The Kier molecular flexibility index (Phi) is 10.3. The van der Waals surface area contributed by atoms with Gasteiger partial charge in [-0.05, 0) is 12.0 Å². The molecule has 0 aliphatic carbocycles. The third-order valence-corrected chi connectivity index (χ3v) is 4.11. The predicted molar refractivity (Wildman–Crippen MR) is 109 cm³/mol. The number of nitrogens with one attached hydrogen (secondary N) is 3. The maximum absolute atomic E-state index is 12.3. The van der Waals surface area contributed by atoms with E-state index in [4.69, 9.17) is 21.7 Å². The Labute approximate surface area is 182 Å². The number of carbonyl (C=O) groups is 6. The Morgan fingerprint density at radius 3 is 2.03 bits per heavy atom.